The van der Waals surface area contributed by atoms with E-state index in [2.05, 4.69) is 15.5 Å². The van der Waals surface area contributed by atoms with Gasteiger partial charge >= 0.3 is 0 Å². The molecule has 4 fully saturated rings. The summed E-state index contributed by atoms with van der Waals surface area (Å²) in [5.74, 6) is 3.42. The van der Waals surface area contributed by atoms with Crippen LogP contribution in [0.4, 0.5) is 0 Å². The summed E-state index contributed by atoms with van der Waals surface area (Å²) in [6.45, 7) is 1.54. The molecule has 0 radical (unpaired) electrons. The quantitative estimate of drug-likeness (QED) is 0.852. The molecule has 23 heavy (non-hydrogen) atoms. The topological polar surface area (TPSA) is 85.1 Å². The second-order valence-corrected chi connectivity index (χ2v) is 10.3. The van der Waals surface area contributed by atoms with Crippen LogP contribution in [0, 0.1) is 23.2 Å². The van der Waals surface area contributed by atoms with Gasteiger partial charge in [-0.25, -0.2) is 8.42 Å². The predicted molar refractivity (Wildman–Crippen MR) is 85.2 cm³/mol. The van der Waals surface area contributed by atoms with Crippen molar-refractivity contribution in [3.05, 3.63) is 11.7 Å². The fourth-order valence-electron chi connectivity index (χ4n) is 5.60. The van der Waals surface area contributed by atoms with Crippen LogP contribution in [-0.2, 0) is 22.1 Å². The molecule has 4 aliphatic carbocycles. The normalized spacial score (nSPS) is 35.8. The van der Waals surface area contributed by atoms with Crippen LogP contribution in [0.25, 0.3) is 0 Å². The maximum Gasteiger partial charge on any atom is 0.240 e. The van der Waals surface area contributed by atoms with Crippen LogP contribution >= 0.6 is 0 Å². The highest BCUT2D eigenvalue weighted by Crippen LogP contribution is 2.59. The zero-order valence-corrected chi connectivity index (χ0v) is 14.4. The van der Waals surface area contributed by atoms with Gasteiger partial charge in [-0.05, 0) is 61.7 Å². The first-order chi connectivity index (χ1) is 10.9. The Hall–Kier alpha value is -0.950. The third-order valence-corrected chi connectivity index (χ3v) is 6.63. The van der Waals surface area contributed by atoms with Gasteiger partial charge in [-0.1, -0.05) is 5.16 Å². The van der Waals surface area contributed by atoms with Crippen molar-refractivity contribution in [1.82, 2.24) is 15.5 Å². The standard InChI is InChI=1S/C16H25N3O3S/c1-23(20,21)9-14-18-15(22-19-14)8-17-10-16-5-11-2-12(6-16)4-13(3-11)7-16/h11-13,17H,2-10H2,1H3. The minimum Gasteiger partial charge on any atom is -0.338 e. The number of nitrogens with zero attached hydrogens (tertiary/aromatic N) is 2. The SMILES string of the molecule is CS(=O)(=O)Cc1noc(CNCC23CC4CC(CC(C4)C2)C3)n1. The van der Waals surface area contributed by atoms with Gasteiger partial charge in [-0.2, -0.15) is 4.98 Å². The summed E-state index contributed by atoms with van der Waals surface area (Å²) in [4.78, 5) is 4.16. The van der Waals surface area contributed by atoms with Crippen molar-refractivity contribution in [2.24, 2.45) is 23.2 Å². The van der Waals surface area contributed by atoms with Crippen molar-refractivity contribution in [2.75, 3.05) is 12.8 Å². The average molecular weight is 339 g/mol. The fraction of sp³-hybridized carbons (Fsp3) is 0.875. The van der Waals surface area contributed by atoms with E-state index in [0.717, 1.165) is 24.3 Å². The molecule has 0 saturated heterocycles. The van der Waals surface area contributed by atoms with E-state index in [0.29, 0.717) is 17.9 Å². The molecule has 4 aliphatic rings. The van der Waals surface area contributed by atoms with Gasteiger partial charge in [-0.3, -0.25) is 0 Å². The number of aromatic nitrogens is 2. The van der Waals surface area contributed by atoms with Gasteiger partial charge in [0.2, 0.25) is 5.89 Å². The van der Waals surface area contributed by atoms with Crippen LogP contribution < -0.4 is 5.32 Å². The van der Waals surface area contributed by atoms with E-state index in [-0.39, 0.29) is 11.6 Å². The van der Waals surface area contributed by atoms with E-state index in [1.165, 1.54) is 44.8 Å². The number of rotatable bonds is 6. The first-order valence-electron chi connectivity index (χ1n) is 8.59. The van der Waals surface area contributed by atoms with Gasteiger partial charge < -0.3 is 9.84 Å². The van der Waals surface area contributed by atoms with E-state index < -0.39 is 9.84 Å². The summed E-state index contributed by atoms with van der Waals surface area (Å²) in [6.07, 6.45) is 9.65. The van der Waals surface area contributed by atoms with E-state index >= 15 is 0 Å². The largest absolute Gasteiger partial charge is 0.338 e. The van der Waals surface area contributed by atoms with E-state index in [9.17, 15) is 8.42 Å². The molecular weight excluding hydrogens is 314 g/mol. The summed E-state index contributed by atoms with van der Waals surface area (Å²) >= 11 is 0. The van der Waals surface area contributed by atoms with Crippen LogP contribution in [-0.4, -0.2) is 31.4 Å². The number of hydrogen-bond acceptors (Lipinski definition) is 6. The molecule has 7 heteroatoms. The Morgan fingerprint density at radius 1 is 1.17 bits per heavy atom. The zero-order valence-electron chi connectivity index (χ0n) is 13.6. The van der Waals surface area contributed by atoms with Gasteiger partial charge in [0.1, 0.15) is 5.75 Å². The number of nitrogens with one attached hydrogen (secondary N) is 1. The second kappa shape index (κ2) is 5.55. The van der Waals surface area contributed by atoms with Crippen LogP contribution in [0.1, 0.15) is 50.2 Å². The Balaban J connectivity index is 1.32. The monoisotopic (exact) mass is 339 g/mol. The summed E-state index contributed by atoms with van der Waals surface area (Å²) < 4.78 is 27.6. The van der Waals surface area contributed by atoms with E-state index in [1.54, 1.807) is 0 Å². The number of hydrogen-bond donors (Lipinski definition) is 1. The first kappa shape index (κ1) is 15.6. The molecule has 1 aromatic rings. The van der Waals surface area contributed by atoms with Crippen molar-refractivity contribution < 1.29 is 12.9 Å². The predicted octanol–water partition coefficient (Wildman–Crippen LogP) is 1.92. The zero-order chi connectivity index (χ0) is 16.1. The van der Waals surface area contributed by atoms with Gasteiger partial charge in [-0.15, -0.1) is 0 Å². The molecule has 6 nitrogen and oxygen atoms in total. The third kappa shape index (κ3) is 3.45. The number of sulfone groups is 1. The summed E-state index contributed by atoms with van der Waals surface area (Å²) in [5.41, 5.74) is 0.477. The summed E-state index contributed by atoms with van der Waals surface area (Å²) in [5, 5.41) is 7.23. The highest BCUT2D eigenvalue weighted by atomic mass is 32.2. The fourth-order valence-corrected chi connectivity index (χ4v) is 6.18. The maximum absolute atomic E-state index is 11.2. The van der Waals surface area contributed by atoms with Crippen LogP contribution in [0.2, 0.25) is 0 Å². The second-order valence-electron chi connectivity index (χ2n) is 8.20. The molecular formula is C16H25N3O3S. The van der Waals surface area contributed by atoms with Gasteiger partial charge in [0, 0.05) is 12.8 Å². The molecule has 1 N–H and O–H groups in total. The van der Waals surface area contributed by atoms with Crippen LogP contribution in [0.15, 0.2) is 4.52 Å². The van der Waals surface area contributed by atoms with Crippen LogP contribution in [0.3, 0.4) is 0 Å². The molecule has 0 aliphatic heterocycles. The molecule has 5 rings (SSSR count). The Bertz CT molecular complexity index is 647. The Kier molecular flexibility index (Phi) is 3.76. The smallest absolute Gasteiger partial charge is 0.240 e. The van der Waals surface area contributed by atoms with Gasteiger partial charge in [0.25, 0.3) is 0 Å². The highest BCUT2D eigenvalue weighted by molar-refractivity contribution is 7.89. The minimum atomic E-state index is -3.12. The molecule has 128 valence electrons. The Labute approximate surface area is 137 Å². The lowest BCUT2D eigenvalue weighted by Crippen LogP contribution is -2.50. The van der Waals surface area contributed by atoms with Crippen LogP contribution in [0.5, 0.6) is 0 Å². The Morgan fingerprint density at radius 2 is 1.78 bits per heavy atom. The molecule has 0 atom stereocenters. The highest BCUT2D eigenvalue weighted by Gasteiger charge is 2.50. The van der Waals surface area contributed by atoms with Crippen molar-refractivity contribution in [3.8, 4) is 0 Å². The molecule has 1 heterocycles. The molecule has 0 aromatic carbocycles. The van der Waals surface area contributed by atoms with Crippen molar-refractivity contribution in [3.63, 3.8) is 0 Å². The third-order valence-electron chi connectivity index (χ3n) is 5.84. The molecule has 4 bridgehead atoms. The molecule has 0 amide bonds. The molecule has 0 spiro atoms. The van der Waals surface area contributed by atoms with E-state index in [1.807, 2.05) is 0 Å². The molecule has 1 aromatic heterocycles. The lowest BCUT2D eigenvalue weighted by atomic mass is 9.49. The first-order valence-corrected chi connectivity index (χ1v) is 10.7. The van der Waals surface area contributed by atoms with Gasteiger partial charge in [0.05, 0.1) is 6.54 Å². The molecule has 0 unspecified atom stereocenters. The van der Waals surface area contributed by atoms with Crippen molar-refractivity contribution in [1.29, 1.82) is 0 Å². The minimum absolute atomic E-state index is 0.161. The maximum atomic E-state index is 11.2. The van der Waals surface area contributed by atoms with Gasteiger partial charge in [0.15, 0.2) is 15.7 Å². The summed E-state index contributed by atoms with van der Waals surface area (Å²) in [6, 6.07) is 0. The molecule has 4 saturated carbocycles. The summed E-state index contributed by atoms with van der Waals surface area (Å²) in [7, 11) is -3.12. The lowest BCUT2D eigenvalue weighted by Gasteiger charge is -2.57. The Morgan fingerprint density at radius 3 is 2.35 bits per heavy atom. The lowest BCUT2D eigenvalue weighted by molar-refractivity contribution is -0.0516. The van der Waals surface area contributed by atoms with E-state index in [4.69, 9.17) is 4.52 Å². The van der Waals surface area contributed by atoms with Crippen molar-refractivity contribution >= 4 is 9.84 Å². The van der Waals surface area contributed by atoms with Crippen molar-refractivity contribution in [2.45, 2.75) is 50.8 Å². The average Bonchev–Trinajstić information content (AvgIpc) is 2.82.